The van der Waals surface area contributed by atoms with Crippen LogP contribution in [-0.4, -0.2) is 28.5 Å². The van der Waals surface area contributed by atoms with E-state index >= 15 is 0 Å². The van der Waals surface area contributed by atoms with Crippen LogP contribution in [0.25, 0.3) is 11.4 Å². The van der Waals surface area contributed by atoms with Gasteiger partial charge in [0, 0.05) is 23.9 Å². The van der Waals surface area contributed by atoms with E-state index in [-0.39, 0.29) is 35.4 Å². The molecule has 1 heterocycles. The minimum atomic E-state index is -0.469. The molecule has 1 aromatic carbocycles. The highest BCUT2D eigenvalue weighted by atomic mass is 19.1. The van der Waals surface area contributed by atoms with E-state index in [4.69, 9.17) is 4.52 Å². The number of nitrogens with one attached hydrogen (secondary N) is 2. The first-order chi connectivity index (χ1) is 15.4. The molecule has 0 aliphatic heterocycles. The molecule has 4 fully saturated rings. The van der Waals surface area contributed by atoms with E-state index in [0.29, 0.717) is 35.7 Å². The first-order valence-corrected chi connectivity index (χ1v) is 11.6. The minimum Gasteiger partial charge on any atom is -0.355 e. The average Bonchev–Trinajstić information content (AvgIpc) is 3.23. The van der Waals surface area contributed by atoms with Crippen molar-refractivity contribution in [1.29, 1.82) is 0 Å². The molecule has 0 radical (unpaired) electrons. The van der Waals surface area contributed by atoms with Crippen LogP contribution in [0.1, 0.15) is 63.8 Å². The molecule has 4 aliphatic rings. The Labute approximate surface area is 186 Å². The molecular weight excluding hydrogens is 411 g/mol. The van der Waals surface area contributed by atoms with Crippen molar-refractivity contribution in [2.24, 2.45) is 23.2 Å². The lowest BCUT2D eigenvalue weighted by Crippen LogP contribution is -2.53. The van der Waals surface area contributed by atoms with Crippen LogP contribution in [-0.2, 0) is 9.59 Å². The predicted octanol–water partition coefficient (Wildman–Crippen LogP) is 3.78. The van der Waals surface area contributed by atoms with E-state index in [1.54, 1.807) is 19.1 Å². The Kier molecular flexibility index (Phi) is 5.47. The van der Waals surface area contributed by atoms with Gasteiger partial charge in [-0.05, 0) is 87.5 Å². The third-order valence-corrected chi connectivity index (χ3v) is 7.45. The van der Waals surface area contributed by atoms with Gasteiger partial charge < -0.3 is 15.2 Å². The van der Waals surface area contributed by atoms with E-state index < -0.39 is 6.04 Å². The van der Waals surface area contributed by atoms with Crippen LogP contribution < -0.4 is 10.6 Å². The van der Waals surface area contributed by atoms with Gasteiger partial charge in [0.1, 0.15) is 11.9 Å². The number of aromatic nitrogens is 2. The van der Waals surface area contributed by atoms with Gasteiger partial charge in [0.25, 0.3) is 0 Å². The maximum Gasteiger partial charge on any atom is 0.249 e. The van der Waals surface area contributed by atoms with Gasteiger partial charge in [0.2, 0.25) is 23.5 Å². The number of rotatable bonds is 7. The molecule has 8 heteroatoms. The van der Waals surface area contributed by atoms with Crippen LogP contribution in [0.5, 0.6) is 0 Å². The number of carbonyl (C=O) groups is 2. The molecule has 170 valence electrons. The molecule has 4 aliphatic carbocycles. The summed E-state index contributed by atoms with van der Waals surface area (Å²) in [5.41, 5.74) is 0.436. The highest BCUT2D eigenvalue weighted by molar-refractivity contribution is 5.84. The van der Waals surface area contributed by atoms with Gasteiger partial charge in [-0.25, -0.2) is 4.39 Å². The topological polar surface area (TPSA) is 97.1 Å². The van der Waals surface area contributed by atoms with Crippen molar-refractivity contribution in [1.82, 2.24) is 20.8 Å². The molecule has 1 atom stereocenters. The monoisotopic (exact) mass is 440 g/mol. The van der Waals surface area contributed by atoms with Crippen LogP contribution in [0.4, 0.5) is 4.39 Å². The minimum absolute atomic E-state index is 0.137. The average molecular weight is 441 g/mol. The summed E-state index contributed by atoms with van der Waals surface area (Å²) in [5.74, 6) is 2.36. The summed E-state index contributed by atoms with van der Waals surface area (Å²) >= 11 is 0. The lowest BCUT2D eigenvalue weighted by Gasteiger charge is -2.55. The van der Waals surface area contributed by atoms with Crippen LogP contribution in [0.3, 0.4) is 0 Å². The fourth-order valence-electron chi connectivity index (χ4n) is 6.37. The Morgan fingerprint density at radius 3 is 2.38 bits per heavy atom. The Morgan fingerprint density at radius 2 is 1.75 bits per heavy atom. The van der Waals surface area contributed by atoms with E-state index in [9.17, 15) is 14.0 Å². The zero-order valence-corrected chi connectivity index (χ0v) is 18.3. The van der Waals surface area contributed by atoms with Gasteiger partial charge in [-0.2, -0.15) is 4.98 Å². The summed E-state index contributed by atoms with van der Waals surface area (Å²) < 4.78 is 18.3. The highest BCUT2D eigenvalue weighted by Gasteiger charge is 2.54. The molecule has 0 spiro atoms. The van der Waals surface area contributed by atoms with Crippen molar-refractivity contribution < 1.29 is 18.5 Å². The van der Waals surface area contributed by atoms with Gasteiger partial charge in [0.15, 0.2) is 0 Å². The van der Waals surface area contributed by atoms with Crippen LogP contribution in [0.15, 0.2) is 28.8 Å². The van der Waals surface area contributed by atoms with Gasteiger partial charge in [0.05, 0.1) is 0 Å². The summed E-state index contributed by atoms with van der Waals surface area (Å²) in [5, 5.41) is 9.77. The van der Waals surface area contributed by atoms with Gasteiger partial charge >= 0.3 is 0 Å². The lowest BCUT2D eigenvalue weighted by atomic mass is 9.49. The molecule has 1 aromatic heterocycles. The molecule has 2 amide bonds. The summed E-state index contributed by atoms with van der Waals surface area (Å²) in [7, 11) is 0. The lowest BCUT2D eigenvalue weighted by molar-refractivity contribution is -0.146. The maximum absolute atomic E-state index is 13.1. The zero-order valence-electron chi connectivity index (χ0n) is 18.3. The number of halogens is 1. The first-order valence-electron chi connectivity index (χ1n) is 11.6. The number of hydrogen-bond donors (Lipinski definition) is 2. The highest BCUT2D eigenvalue weighted by Crippen LogP contribution is 2.60. The molecule has 4 bridgehead atoms. The number of carbonyl (C=O) groups excluding carboxylic acids is 2. The van der Waals surface area contributed by atoms with Crippen LogP contribution in [0, 0.1) is 29.0 Å². The van der Waals surface area contributed by atoms with Gasteiger partial charge in [-0.15, -0.1) is 0 Å². The number of nitrogens with zero attached hydrogens (tertiary/aromatic N) is 2. The molecule has 6 rings (SSSR count). The van der Waals surface area contributed by atoms with E-state index in [1.807, 2.05) is 0 Å². The van der Waals surface area contributed by atoms with E-state index in [2.05, 4.69) is 20.8 Å². The van der Waals surface area contributed by atoms with Gasteiger partial charge in [-0.1, -0.05) is 5.16 Å². The van der Waals surface area contributed by atoms with Crippen molar-refractivity contribution in [2.75, 3.05) is 6.54 Å². The molecule has 2 aromatic rings. The van der Waals surface area contributed by atoms with Crippen LogP contribution >= 0.6 is 0 Å². The smallest absolute Gasteiger partial charge is 0.249 e. The first kappa shape index (κ1) is 21.1. The second-order valence-corrected chi connectivity index (χ2v) is 9.96. The third-order valence-electron chi connectivity index (χ3n) is 7.45. The largest absolute Gasteiger partial charge is 0.355 e. The van der Waals surface area contributed by atoms with Crippen molar-refractivity contribution in [3.63, 3.8) is 0 Å². The van der Waals surface area contributed by atoms with Crippen LogP contribution in [0.2, 0.25) is 0 Å². The number of hydrogen-bond acceptors (Lipinski definition) is 5. The Morgan fingerprint density at radius 1 is 1.12 bits per heavy atom. The van der Waals surface area contributed by atoms with Crippen molar-refractivity contribution in [3.05, 3.63) is 36.0 Å². The summed E-state index contributed by atoms with van der Waals surface area (Å²) in [4.78, 5) is 29.7. The van der Waals surface area contributed by atoms with Crippen molar-refractivity contribution >= 4 is 11.8 Å². The second-order valence-electron chi connectivity index (χ2n) is 9.96. The van der Waals surface area contributed by atoms with E-state index in [0.717, 1.165) is 19.3 Å². The van der Waals surface area contributed by atoms with Crippen molar-refractivity contribution in [3.8, 4) is 11.4 Å². The van der Waals surface area contributed by atoms with E-state index in [1.165, 1.54) is 31.4 Å². The summed E-state index contributed by atoms with van der Waals surface area (Å²) in [6.07, 6.45) is 7.13. The van der Waals surface area contributed by atoms with Gasteiger partial charge in [-0.3, -0.25) is 9.59 Å². The molecular formula is C24H29FN4O3. The fourth-order valence-corrected chi connectivity index (χ4v) is 6.37. The Balaban J connectivity index is 1.10. The molecule has 7 nitrogen and oxygen atoms in total. The zero-order chi connectivity index (χ0) is 22.3. The maximum atomic E-state index is 13.1. The number of amides is 2. The summed E-state index contributed by atoms with van der Waals surface area (Å²) in [6, 6.07) is 5.32. The van der Waals surface area contributed by atoms with Crippen molar-refractivity contribution in [2.45, 2.75) is 57.9 Å². The number of benzene rings is 1. The summed E-state index contributed by atoms with van der Waals surface area (Å²) in [6.45, 7) is 2.08. The third kappa shape index (κ3) is 4.14. The predicted molar refractivity (Wildman–Crippen MR) is 114 cm³/mol. The second kappa shape index (κ2) is 8.30. The SMILES string of the molecule is CC(NC(=O)CCNC(=O)C12CC3CC(CC(C3)C1)C2)c1nc(-c2ccc(F)cc2)no1. The molecule has 1 unspecified atom stereocenters. The molecule has 32 heavy (non-hydrogen) atoms. The molecule has 2 N–H and O–H groups in total. The Bertz CT molecular complexity index is 968. The fraction of sp³-hybridized carbons (Fsp3) is 0.583. The quantitative estimate of drug-likeness (QED) is 0.683. The molecule has 0 saturated heterocycles. The molecule has 4 saturated carbocycles. The normalized spacial score (nSPS) is 29.0. The standard InChI is InChI=1S/C24H29FN4O3/c1-14(22-28-21(29-32-22)18-2-4-19(25)5-3-18)27-20(30)6-7-26-23(31)24-11-15-8-16(12-24)10-17(9-15)13-24/h2-5,14-17H,6-13H2,1H3,(H,26,31)(H,27,30). The Hall–Kier alpha value is -2.77.